The maximum atomic E-state index is 13.0. The standard InChI is InChI=1S/C64H115NO10/c1-3-5-7-9-11-13-31-36-40-44-48-52-60(69)73-53-49-45-41-37-33-30-28-26-24-22-20-18-16-14-15-17-19-21-23-25-27-29-32-35-39-43-47-51-59(68)65-56(57(67)50-46-42-38-34-12-10-8-6-4-2)55-74-64-63(72)62(71)61(70)58(54-66)75-64/h9,11-12,14-15,18,20,34,46,50,56-58,61-64,66-67,70-72H,3-8,10,13,16-17,19,21-33,35-45,47-49,51-55H2,1-2H3,(H,65,68)/b11-9-,15-14-,20-18-,34-12+,50-46+. The number of amides is 1. The molecular weight excluding hydrogens is 943 g/mol. The Labute approximate surface area is 458 Å². The van der Waals surface area contributed by atoms with E-state index in [4.69, 9.17) is 14.2 Å². The van der Waals surface area contributed by atoms with E-state index in [2.05, 4.69) is 67.8 Å². The van der Waals surface area contributed by atoms with Crippen LogP contribution in [0.3, 0.4) is 0 Å². The number of hydrogen-bond donors (Lipinski definition) is 6. The fourth-order valence-electron chi connectivity index (χ4n) is 9.34. The van der Waals surface area contributed by atoms with Crippen LogP contribution in [0, 0.1) is 0 Å². The van der Waals surface area contributed by atoms with E-state index < -0.39 is 49.5 Å². The average molecular weight is 1060 g/mol. The van der Waals surface area contributed by atoms with Gasteiger partial charge in [-0.1, -0.05) is 222 Å². The summed E-state index contributed by atoms with van der Waals surface area (Å²) in [7, 11) is 0. The van der Waals surface area contributed by atoms with E-state index in [1.54, 1.807) is 6.08 Å². The molecule has 1 fully saturated rings. The molecule has 7 atom stereocenters. The van der Waals surface area contributed by atoms with Crippen molar-refractivity contribution >= 4 is 11.9 Å². The molecule has 0 aliphatic carbocycles. The molecule has 436 valence electrons. The highest BCUT2D eigenvalue weighted by Crippen LogP contribution is 2.23. The highest BCUT2D eigenvalue weighted by atomic mass is 16.7. The second-order valence-corrected chi connectivity index (χ2v) is 21.4. The van der Waals surface area contributed by atoms with Crippen molar-refractivity contribution in [1.29, 1.82) is 0 Å². The van der Waals surface area contributed by atoms with Gasteiger partial charge in [0.15, 0.2) is 6.29 Å². The van der Waals surface area contributed by atoms with Gasteiger partial charge in [0.2, 0.25) is 5.91 Å². The van der Waals surface area contributed by atoms with E-state index in [-0.39, 0.29) is 18.5 Å². The van der Waals surface area contributed by atoms with Crippen LogP contribution in [0.25, 0.3) is 0 Å². The Kier molecular flexibility index (Phi) is 50.1. The number of ether oxygens (including phenoxy) is 3. The molecule has 1 aliphatic heterocycles. The highest BCUT2D eigenvalue weighted by molar-refractivity contribution is 5.76. The van der Waals surface area contributed by atoms with Crippen LogP contribution >= 0.6 is 0 Å². The Morgan fingerprint density at radius 1 is 0.493 bits per heavy atom. The molecule has 0 spiro atoms. The molecule has 0 radical (unpaired) electrons. The predicted molar refractivity (Wildman–Crippen MR) is 310 cm³/mol. The van der Waals surface area contributed by atoms with Crippen LogP contribution in [-0.2, 0) is 23.8 Å². The van der Waals surface area contributed by atoms with Crippen LogP contribution in [0.5, 0.6) is 0 Å². The Morgan fingerprint density at radius 2 is 0.920 bits per heavy atom. The number of rotatable bonds is 53. The van der Waals surface area contributed by atoms with Crippen LogP contribution < -0.4 is 5.32 Å². The molecule has 1 saturated heterocycles. The molecule has 1 amide bonds. The zero-order valence-corrected chi connectivity index (χ0v) is 48.0. The van der Waals surface area contributed by atoms with Gasteiger partial charge in [0.05, 0.1) is 32.0 Å². The van der Waals surface area contributed by atoms with Gasteiger partial charge >= 0.3 is 5.97 Å². The van der Waals surface area contributed by atoms with Crippen molar-refractivity contribution in [2.24, 2.45) is 0 Å². The summed E-state index contributed by atoms with van der Waals surface area (Å²) in [6.45, 7) is 4.23. The third kappa shape index (κ3) is 43.0. The minimum absolute atomic E-state index is 0.0112. The minimum atomic E-state index is -1.58. The summed E-state index contributed by atoms with van der Waals surface area (Å²) in [5, 5.41) is 54.2. The van der Waals surface area contributed by atoms with Crippen molar-refractivity contribution in [3.8, 4) is 0 Å². The average Bonchev–Trinajstić information content (AvgIpc) is 3.41. The second kappa shape index (κ2) is 53.4. The van der Waals surface area contributed by atoms with Gasteiger partial charge in [-0.3, -0.25) is 9.59 Å². The summed E-state index contributed by atoms with van der Waals surface area (Å²) in [5.74, 6) is -0.210. The largest absolute Gasteiger partial charge is 0.466 e. The van der Waals surface area contributed by atoms with Crippen molar-refractivity contribution in [3.05, 3.63) is 60.8 Å². The molecule has 11 heteroatoms. The number of aliphatic hydroxyl groups excluding tert-OH is 5. The number of unbranched alkanes of at least 4 members (excludes halogenated alkanes) is 31. The van der Waals surface area contributed by atoms with E-state index >= 15 is 0 Å². The number of hydrogen-bond acceptors (Lipinski definition) is 10. The summed E-state index contributed by atoms with van der Waals surface area (Å²) in [6.07, 6.45) is 59.2. The van der Waals surface area contributed by atoms with Crippen LogP contribution in [-0.4, -0.2) is 100 Å². The molecular formula is C64H115NO10. The molecule has 1 rings (SSSR count). The van der Waals surface area contributed by atoms with Gasteiger partial charge < -0.3 is 45.1 Å². The zero-order chi connectivity index (χ0) is 54.5. The van der Waals surface area contributed by atoms with Crippen molar-refractivity contribution < 1.29 is 49.3 Å². The number of carbonyl (C=O) groups is 2. The molecule has 6 N–H and O–H groups in total. The van der Waals surface area contributed by atoms with E-state index in [1.165, 1.54) is 167 Å². The van der Waals surface area contributed by atoms with E-state index in [9.17, 15) is 35.1 Å². The van der Waals surface area contributed by atoms with Gasteiger partial charge in [0, 0.05) is 12.8 Å². The third-order valence-electron chi connectivity index (χ3n) is 14.3. The second-order valence-electron chi connectivity index (χ2n) is 21.4. The molecule has 0 aromatic rings. The smallest absolute Gasteiger partial charge is 0.305 e. The van der Waals surface area contributed by atoms with E-state index in [0.29, 0.717) is 19.4 Å². The fraction of sp³-hybridized carbons (Fsp3) is 0.812. The van der Waals surface area contributed by atoms with Gasteiger partial charge in [-0.15, -0.1) is 0 Å². The number of nitrogens with one attached hydrogen (secondary N) is 1. The van der Waals surface area contributed by atoms with E-state index in [0.717, 1.165) is 77.0 Å². The summed E-state index contributed by atoms with van der Waals surface area (Å²) < 4.78 is 16.6. The Balaban J connectivity index is 2.00. The molecule has 7 unspecified atom stereocenters. The first kappa shape index (κ1) is 70.4. The first-order valence-electron chi connectivity index (χ1n) is 31.1. The third-order valence-corrected chi connectivity index (χ3v) is 14.3. The lowest BCUT2D eigenvalue weighted by atomic mass is 9.99. The lowest BCUT2D eigenvalue weighted by molar-refractivity contribution is -0.302. The van der Waals surface area contributed by atoms with Crippen molar-refractivity contribution in [1.82, 2.24) is 5.32 Å². The number of carbonyl (C=O) groups excluding carboxylic acids is 2. The summed E-state index contributed by atoms with van der Waals surface area (Å²) in [4.78, 5) is 25.0. The molecule has 0 bridgehead atoms. The maximum absolute atomic E-state index is 13.0. The first-order valence-corrected chi connectivity index (χ1v) is 31.1. The van der Waals surface area contributed by atoms with Crippen molar-refractivity contribution in [2.45, 2.75) is 314 Å². The summed E-state index contributed by atoms with van der Waals surface area (Å²) in [6, 6.07) is -0.829. The van der Waals surface area contributed by atoms with Crippen molar-refractivity contribution in [3.63, 3.8) is 0 Å². The Morgan fingerprint density at radius 3 is 1.44 bits per heavy atom. The SMILES string of the molecule is CCCC/C=C\CCCCCCCC(=O)OCCCCCCCCCCC/C=C\C/C=C\CCCCCCCCCCCCCC(=O)NC(COC1OC(CO)C(O)C(O)C1O)C(O)/C=C/CC/C=C/CCCCC. The number of allylic oxidation sites excluding steroid dienone is 9. The summed E-state index contributed by atoms with van der Waals surface area (Å²) in [5.41, 5.74) is 0. The normalized spacial score (nSPS) is 19.2. The Bertz CT molecular complexity index is 1430. The number of aliphatic hydroxyl groups is 5. The van der Waals surface area contributed by atoms with Crippen LogP contribution in [0.1, 0.15) is 271 Å². The van der Waals surface area contributed by atoms with Gasteiger partial charge in [0.1, 0.15) is 24.4 Å². The highest BCUT2D eigenvalue weighted by Gasteiger charge is 2.44. The van der Waals surface area contributed by atoms with Gasteiger partial charge in [-0.05, 0) is 96.3 Å². The first-order chi connectivity index (χ1) is 36.7. The molecule has 1 aliphatic rings. The topological polar surface area (TPSA) is 175 Å². The van der Waals surface area contributed by atoms with Crippen LogP contribution in [0.2, 0.25) is 0 Å². The zero-order valence-electron chi connectivity index (χ0n) is 48.0. The molecule has 0 saturated carbocycles. The van der Waals surface area contributed by atoms with Gasteiger partial charge in [-0.2, -0.15) is 0 Å². The van der Waals surface area contributed by atoms with E-state index in [1.807, 2.05) is 6.08 Å². The van der Waals surface area contributed by atoms with Crippen molar-refractivity contribution in [2.75, 3.05) is 19.8 Å². The molecule has 75 heavy (non-hydrogen) atoms. The lowest BCUT2D eigenvalue weighted by Gasteiger charge is -2.40. The monoisotopic (exact) mass is 1060 g/mol. The fourth-order valence-corrected chi connectivity index (χ4v) is 9.34. The van der Waals surface area contributed by atoms with Gasteiger partial charge in [0.25, 0.3) is 0 Å². The minimum Gasteiger partial charge on any atom is -0.466 e. The maximum Gasteiger partial charge on any atom is 0.305 e. The predicted octanol–water partition coefficient (Wildman–Crippen LogP) is 14.6. The Hall–Kier alpha value is -2.64. The molecule has 11 nitrogen and oxygen atoms in total. The molecule has 0 aromatic heterocycles. The lowest BCUT2D eigenvalue weighted by Crippen LogP contribution is -2.60. The van der Waals surface area contributed by atoms with Crippen LogP contribution in [0.15, 0.2) is 60.8 Å². The van der Waals surface area contributed by atoms with Gasteiger partial charge in [-0.25, -0.2) is 0 Å². The number of esters is 1. The van der Waals surface area contributed by atoms with Crippen LogP contribution in [0.4, 0.5) is 0 Å². The molecule has 0 aromatic carbocycles. The molecule has 1 heterocycles. The summed E-state index contributed by atoms with van der Waals surface area (Å²) >= 11 is 0. The quantitative estimate of drug-likeness (QED) is 0.0195.